The second-order valence-corrected chi connectivity index (χ2v) is 16.8. The molecule has 56 heavy (non-hydrogen) atoms. The Balaban J connectivity index is 1.79. The zero-order valence-corrected chi connectivity index (χ0v) is 36.2. The van der Waals surface area contributed by atoms with Crippen molar-refractivity contribution in [2.45, 2.75) is 200 Å². The van der Waals surface area contributed by atoms with Crippen molar-refractivity contribution in [3.05, 3.63) is 60.7 Å². The van der Waals surface area contributed by atoms with E-state index in [1.165, 1.54) is 128 Å². The zero-order valence-electron chi connectivity index (χ0n) is 35.3. The first kappa shape index (κ1) is 49.3. The Morgan fingerprint density at radius 3 is 1.18 bits per heavy atom. The van der Waals surface area contributed by atoms with Gasteiger partial charge < -0.3 is 18.5 Å². The lowest BCUT2D eigenvalue weighted by Gasteiger charge is -2.22. The number of esters is 2. The van der Waals surface area contributed by atoms with Crippen LogP contribution in [0.2, 0.25) is 0 Å². The first-order valence-electron chi connectivity index (χ1n) is 22.5. The maximum atomic E-state index is 13.9. The smallest absolute Gasteiger partial charge is 0.462 e. The van der Waals surface area contributed by atoms with Gasteiger partial charge in [-0.25, -0.2) is 4.57 Å². The third-order valence-corrected chi connectivity index (χ3v) is 11.4. The summed E-state index contributed by atoms with van der Waals surface area (Å²) in [7, 11) is -4.23. The molecule has 0 amide bonds. The van der Waals surface area contributed by atoms with Gasteiger partial charge in [-0.3, -0.25) is 14.1 Å². The monoisotopic (exact) mass is 801 g/mol. The van der Waals surface area contributed by atoms with Gasteiger partial charge in [-0.05, 0) is 37.1 Å². The van der Waals surface area contributed by atoms with Gasteiger partial charge in [0.25, 0.3) is 0 Å². The van der Waals surface area contributed by atoms with Crippen molar-refractivity contribution < 1.29 is 37.2 Å². The van der Waals surface area contributed by atoms with E-state index in [-0.39, 0.29) is 25.6 Å². The number of phosphoric acid groups is 1. The van der Waals surface area contributed by atoms with Crippen LogP contribution in [0.25, 0.3) is 0 Å². The third kappa shape index (κ3) is 27.7. The zero-order chi connectivity index (χ0) is 40.2. The second kappa shape index (κ2) is 34.2. The van der Waals surface area contributed by atoms with E-state index in [1.54, 1.807) is 48.5 Å². The van der Waals surface area contributed by atoms with Crippen LogP contribution in [0.1, 0.15) is 194 Å². The van der Waals surface area contributed by atoms with E-state index in [0.29, 0.717) is 17.9 Å². The first-order valence-corrected chi connectivity index (χ1v) is 24.0. The van der Waals surface area contributed by atoms with Crippen LogP contribution in [0, 0.1) is 0 Å². The van der Waals surface area contributed by atoms with Gasteiger partial charge in [0.1, 0.15) is 24.7 Å². The lowest BCUT2D eigenvalue weighted by molar-refractivity contribution is -0.161. The standard InChI is InChI=1S/C47H77O8P/c1-3-5-7-9-11-13-15-17-19-21-23-25-33-39-46(48)51-41-45(53-47(49)40-34-26-24-22-20-18-16-14-12-10-8-6-4-2)42-52-56(50,54-43-35-29-27-30-36-43)55-44-37-31-28-32-38-44/h27-32,35-38,45H,3-26,33-34,39-42H2,1-2H3/t45-/m0/s1. The normalized spacial score (nSPS) is 12.0. The van der Waals surface area contributed by atoms with Gasteiger partial charge >= 0.3 is 19.8 Å². The molecule has 0 aliphatic heterocycles. The molecule has 0 N–H and O–H groups in total. The Morgan fingerprint density at radius 2 is 0.804 bits per heavy atom. The number of hydrogen-bond acceptors (Lipinski definition) is 8. The van der Waals surface area contributed by atoms with Crippen LogP contribution in [-0.2, 0) is 28.2 Å². The first-order chi connectivity index (χ1) is 27.4. The van der Waals surface area contributed by atoms with Crippen LogP contribution >= 0.6 is 7.82 Å². The van der Waals surface area contributed by atoms with Gasteiger partial charge in [0.15, 0.2) is 6.10 Å². The number of hydrogen-bond donors (Lipinski definition) is 0. The summed E-state index contributed by atoms with van der Waals surface area (Å²) < 4.78 is 42.5. The average Bonchev–Trinajstić information content (AvgIpc) is 3.20. The highest BCUT2D eigenvalue weighted by atomic mass is 31.2. The van der Waals surface area contributed by atoms with E-state index in [0.717, 1.165) is 38.5 Å². The van der Waals surface area contributed by atoms with Crippen LogP contribution in [-0.4, -0.2) is 31.3 Å². The van der Waals surface area contributed by atoms with Crippen LogP contribution in [0.4, 0.5) is 0 Å². The molecule has 0 aliphatic rings. The molecule has 9 heteroatoms. The molecule has 318 valence electrons. The maximum absolute atomic E-state index is 13.9. The highest BCUT2D eigenvalue weighted by Gasteiger charge is 2.33. The SMILES string of the molecule is CCCCCCCCCCCCCCCC(=O)OC[C@@H](COP(=O)(Oc1ccccc1)Oc1ccccc1)OC(=O)CCCCCCCCCCCCCCC. The van der Waals surface area contributed by atoms with Crippen molar-refractivity contribution in [3.63, 3.8) is 0 Å². The number of carbonyl (C=O) groups is 2. The quantitative estimate of drug-likeness (QED) is 0.0376. The highest BCUT2D eigenvalue weighted by Crippen LogP contribution is 2.49. The summed E-state index contributed by atoms with van der Waals surface area (Å²) in [5.74, 6) is -0.161. The molecule has 0 unspecified atom stereocenters. The number of ether oxygens (including phenoxy) is 2. The predicted octanol–water partition coefficient (Wildman–Crippen LogP) is 14.7. The summed E-state index contributed by atoms with van der Waals surface area (Å²) in [6.45, 7) is 3.96. The molecule has 0 saturated heterocycles. The summed E-state index contributed by atoms with van der Waals surface area (Å²) in [5.41, 5.74) is 0. The van der Waals surface area contributed by atoms with Crippen LogP contribution in [0.15, 0.2) is 60.7 Å². The Bertz CT molecular complexity index is 1210. The number of carbonyl (C=O) groups excluding carboxylic acids is 2. The third-order valence-electron chi connectivity index (χ3n) is 10.0. The maximum Gasteiger partial charge on any atom is 0.587 e. The van der Waals surface area contributed by atoms with Gasteiger partial charge in [0.05, 0.1) is 0 Å². The molecule has 0 spiro atoms. The lowest BCUT2D eigenvalue weighted by atomic mass is 10.0. The molecule has 0 aromatic heterocycles. The van der Waals surface area contributed by atoms with E-state index in [4.69, 9.17) is 23.0 Å². The minimum absolute atomic E-state index is 0.210. The molecule has 8 nitrogen and oxygen atoms in total. The molecule has 0 saturated carbocycles. The minimum Gasteiger partial charge on any atom is -0.462 e. The van der Waals surface area contributed by atoms with Gasteiger partial charge in [-0.1, -0.05) is 204 Å². The molecule has 0 aliphatic carbocycles. The average molecular weight is 801 g/mol. The van der Waals surface area contributed by atoms with Crippen molar-refractivity contribution in [3.8, 4) is 11.5 Å². The predicted molar refractivity (Wildman–Crippen MR) is 229 cm³/mol. The fourth-order valence-electron chi connectivity index (χ4n) is 6.66. The summed E-state index contributed by atoms with van der Waals surface area (Å²) >= 11 is 0. The molecule has 2 aromatic rings. The molecular weight excluding hydrogens is 723 g/mol. The number of benzene rings is 2. The van der Waals surface area contributed by atoms with Crippen LogP contribution in [0.5, 0.6) is 11.5 Å². The molecule has 0 heterocycles. The Morgan fingerprint density at radius 1 is 0.464 bits per heavy atom. The Kier molecular flexibility index (Phi) is 30.1. The van der Waals surface area contributed by atoms with Crippen molar-refractivity contribution in [2.24, 2.45) is 0 Å². The Labute approximate surface area is 341 Å². The van der Waals surface area contributed by atoms with E-state index in [9.17, 15) is 14.2 Å². The van der Waals surface area contributed by atoms with Crippen molar-refractivity contribution in [1.82, 2.24) is 0 Å². The molecule has 1 atom stereocenters. The summed E-state index contributed by atoms with van der Waals surface area (Å²) in [5, 5.41) is 0. The van der Waals surface area contributed by atoms with E-state index in [2.05, 4.69) is 13.8 Å². The number of rotatable bonds is 38. The van der Waals surface area contributed by atoms with Crippen molar-refractivity contribution in [2.75, 3.05) is 13.2 Å². The molecule has 0 radical (unpaired) electrons. The van der Waals surface area contributed by atoms with Crippen molar-refractivity contribution in [1.29, 1.82) is 0 Å². The Hall–Kier alpha value is -2.83. The fourth-order valence-corrected chi connectivity index (χ4v) is 7.91. The molecule has 2 rings (SSSR count). The molecule has 0 bridgehead atoms. The van der Waals surface area contributed by atoms with Gasteiger partial charge in [-0.2, -0.15) is 0 Å². The largest absolute Gasteiger partial charge is 0.587 e. The second-order valence-electron chi connectivity index (χ2n) is 15.3. The number of phosphoric ester groups is 1. The summed E-state index contributed by atoms with van der Waals surface area (Å²) in [6, 6.07) is 17.2. The number of unbranched alkanes of at least 4 members (excludes halogenated alkanes) is 24. The van der Waals surface area contributed by atoms with E-state index >= 15 is 0 Å². The van der Waals surface area contributed by atoms with Gasteiger partial charge in [0.2, 0.25) is 0 Å². The van der Waals surface area contributed by atoms with Crippen molar-refractivity contribution >= 4 is 19.8 Å². The van der Waals surface area contributed by atoms with E-state index < -0.39 is 19.9 Å². The minimum atomic E-state index is -4.23. The molecule has 0 fully saturated rings. The van der Waals surface area contributed by atoms with E-state index in [1.807, 2.05) is 12.1 Å². The topological polar surface area (TPSA) is 97.4 Å². The summed E-state index contributed by atoms with van der Waals surface area (Å²) in [4.78, 5) is 25.7. The highest BCUT2D eigenvalue weighted by molar-refractivity contribution is 7.49. The fraction of sp³-hybridized carbons (Fsp3) is 0.702. The molecular formula is C47H77O8P. The van der Waals surface area contributed by atoms with Crippen LogP contribution in [0.3, 0.4) is 0 Å². The van der Waals surface area contributed by atoms with Gasteiger partial charge in [-0.15, -0.1) is 0 Å². The summed E-state index contributed by atoms with van der Waals surface area (Å²) in [6.07, 6.45) is 31.3. The number of para-hydroxylation sites is 2. The van der Waals surface area contributed by atoms with Crippen LogP contribution < -0.4 is 9.05 Å². The lowest BCUT2D eigenvalue weighted by Crippen LogP contribution is -2.30. The van der Waals surface area contributed by atoms with Gasteiger partial charge in [0, 0.05) is 12.8 Å². The molecule has 2 aromatic carbocycles.